The van der Waals surface area contributed by atoms with E-state index in [-0.39, 0.29) is 17.6 Å². The SMILES string of the molecule is O=C1/C(=C\c2ccc([N+](=O)[O-])cc2)NC(=S)N1C1CC1. The highest BCUT2D eigenvalue weighted by Crippen LogP contribution is 2.30. The largest absolute Gasteiger partial charge is 0.328 e. The van der Waals surface area contributed by atoms with Crippen molar-refractivity contribution < 1.29 is 9.72 Å². The van der Waals surface area contributed by atoms with Crippen molar-refractivity contribution in [3.8, 4) is 0 Å². The molecule has 0 bridgehead atoms. The molecule has 1 aliphatic carbocycles. The predicted octanol–water partition coefficient (Wildman–Crippen LogP) is 1.81. The Morgan fingerprint density at radius 2 is 2.00 bits per heavy atom. The third-order valence-corrected chi connectivity index (χ3v) is 3.54. The summed E-state index contributed by atoms with van der Waals surface area (Å²) >= 11 is 5.15. The number of nitro benzene ring substituents is 1. The van der Waals surface area contributed by atoms with Crippen LogP contribution in [0.25, 0.3) is 6.08 Å². The lowest BCUT2D eigenvalue weighted by Crippen LogP contribution is -2.32. The summed E-state index contributed by atoms with van der Waals surface area (Å²) in [6.07, 6.45) is 3.62. The third kappa shape index (κ3) is 2.27. The minimum absolute atomic E-state index is 0.0213. The Bertz CT molecular complexity index is 635. The minimum Gasteiger partial charge on any atom is -0.328 e. The zero-order valence-corrected chi connectivity index (χ0v) is 11.2. The first-order valence-corrected chi connectivity index (χ1v) is 6.58. The van der Waals surface area contributed by atoms with Crippen LogP contribution in [0.4, 0.5) is 5.69 Å². The van der Waals surface area contributed by atoms with Crippen molar-refractivity contribution in [3.63, 3.8) is 0 Å². The van der Waals surface area contributed by atoms with Gasteiger partial charge in [-0.2, -0.15) is 0 Å². The molecule has 102 valence electrons. The normalized spacial score (nSPS) is 20.4. The van der Waals surface area contributed by atoms with Gasteiger partial charge in [0, 0.05) is 18.2 Å². The molecule has 2 aliphatic rings. The van der Waals surface area contributed by atoms with Gasteiger partial charge >= 0.3 is 0 Å². The molecule has 1 N–H and O–H groups in total. The molecule has 1 saturated heterocycles. The summed E-state index contributed by atoms with van der Waals surface area (Å²) in [6, 6.07) is 6.24. The molecule has 7 heteroatoms. The summed E-state index contributed by atoms with van der Waals surface area (Å²) in [6.45, 7) is 0. The molecular weight excluding hydrogens is 278 g/mol. The maximum atomic E-state index is 12.2. The van der Waals surface area contributed by atoms with E-state index in [1.54, 1.807) is 23.1 Å². The fourth-order valence-electron chi connectivity index (χ4n) is 2.07. The number of carbonyl (C=O) groups is 1. The van der Waals surface area contributed by atoms with E-state index in [1.807, 2.05) is 0 Å². The summed E-state index contributed by atoms with van der Waals surface area (Å²) < 4.78 is 0. The lowest BCUT2D eigenvalue weighted by Gasteiger charge is -2.11. The number of nitro groups is 1. The molecule has 2 fully saturated rings. The molecule has 6 nitrogen and oxygen atoms in total. The number of carbonyl (C=O) groups excluding carboxylic acids is 1. The Labute approximate surface area is 120 Å². The Morgan fingerprint density at radius 1 is 1.35 bits per heavy atom. The van der Waals surface area contributed by atoms with E-state index in [4.69, 9.17) is 12.2 Å². The molecular formula is C13H11N3O3S. The summed E-state index contributed by atoms with van der Waals surface area (Å²) in [7, 11) is 0. The Hall–Kier alpha value is -2.28. The molecule has 0 atom stereocenters. The van der Waals surface area contributed by atoms with Crippen LogP contribution in [0.15, 0.2) is 30.0 Å². The van der Waals surface area contributed by atoms with Crippen molar-refractivity contribution >= 4 is 35.0 Å². The van der Waals surface area contributed by atoms with Crippen LogP contribution < -0.4 is 5.32 Å². The molecule has 1 aromatic rings. The first-order chi connectivity index (χ1) is 9.56. The van der Waals surface area contributed by atoms with E-state index in [2.05, 4.69) is 5.32 Å². The summed E-state index contributed by atoms with van der Waals surface area (Å²) in [4.78, 5) is 23.9. The lowest BCUT2D eigenvalue weighted by molar-refractivity contribution is -0.384. The van der Waals surface area contributed by atoms with E-state index >= 15 is 0 Å². The van der Waals surface area contributed by atoms with E-state index in [1.165, 1.54) is 12.1 Å². The summed E-state index contributed by atoms with van der Waals surface area (Å²) in [5, 5.41) is 13.9. The Balaban J connectivity index is 1.83. The standard InChI is InChI=1S/C13H11N3O3S/c17-12-11(14-13(20)15(12)9-5-6-9)7-8-1-3-10(4-2-8)16(18)19/h1-4,7,9H,5-6H2,(H,14,20)/b11-7+. The second kappa shape index (κ2) is 4.68. The van der Waals surface area contributed by atoms with Gasteiger partial charge < -0.3 is 5.32 Å². The minimum atomic E-state index is -0.458. The molecule has 3 rings (SSSR count). The predicted molar refractivity (Wildman–Crippen MR) is 76.7 cm³/mol. The molecule has 1 aromatic carbocycles. The molecule has 1 saturated carbocycles. The average molecular weight is 289 g/mol. The number of amides is 1. The number of hydrogen-bond acceptors (Lipinski definition) is 4. The summed E-state index contributed by atoms with van der Waals surface area (Å²) in [5.41, 5.74) is 1.15. The van der Waals surface area contributed by atoms with E-state index < -0.39 is 4.92 Å². The molecule has 0 radical (unpaired) electrons. The van der Waals surface area contributed by atoms with Gasteiger partial charge in [-0.3, -0.25) is 19.8 Å². The lowest BCUT2D eigenvalue weighted by atomic mass is 10.1. The first-order valence-electron chi connectivity index (χ1n) is 6.17. The number of nitrogens with zero attached hydrogens (tertiary/aromatic N) is 2. The quantitative estimate of drug-likeness (QED) is 0.397. The van der Waals surface area contributed by atoms with Gasteiger partial charge in [-0.1, -0.05) is 0 Å². The highest BCUT2D eigenvalue weighted by molar-refractivity contribution is 7.80. The van der Waals surface area contributed by atoms with Crippen molar-refractivity contribution in [2.45, 2.75) is 18.9 Å². The maximum absolute atomic E-state index is 12.2. The van der Waals surface area contributed by atoms with Crippen molar-refractivity contribution in [2.24, 2.45) is 0 Å². The smallest absolute Gasteiger partial charge is 0.276 e. The fraction of sp³-hybridized carbons (Fsp3) is 0.231. The van der Waals surface area contributed by atoms with Crippen LogP contribution in [-0.4, -0.2) is 26.9 Å². The molecule has 0 unspecified atom stereocenters. The summed E-state index contributed by atoms with van der Waals surface area (Å²) in [5.74, 6) is -0.129. The van der Waals surface area contributed by atoms with Crippen LogP contribution in [0.1, 0.15) is 18.4 Å². The van der Waals surface area contributed by atoms with Gasteiger partial charge in [-0.25, -0.2) is 0 Å². The number of hydrogen-bond donors (Lipinski definition) is 1. The third-order valence-electron chi connectivity index (χ3n) is 3.24. The molecule has 1 aliphatic heterocycles. The zero-order chi connectivity index (χ0) is 14.3. The molecule has 0 spiro atoms. The number of nitrogens with one attached hydrogen (secondary N) is 1. The van der Waals surface area contributed by atoms with Crippen LogP contribution in [0.3, 0.4) is 0 Å². The first kappa shape index (κ1) is 12.7. The van der Waals surface area contributed by atoms with E-state index in [0.717, 1.165) is 12.8 Å². The van der Waals surface area contributed by atoms with Gasteiger partial charge in [0.1, 0.15) is 5.70 Å². The van der Waals surface area contributed by atoms with Crippen molar-refractivity contribution in [3.05, 3.63) is 45.6 Å². The average Bonchev–Trinajstić information content (AvgIpc) is 3.19. The van der Waals surface area contributed by atoms with Crippen LogP contribution in [-0.2, 0) is 4.79 Å². The van der Waals surface area contributed by atoms with Crippen molar-refractivity contribution in [2.75, 3.05) is 0 Å². The highest BCUT2D eigenvalue weighted by Gasteiger charge is 2.41. The van der Waals surface area contributed by atoms with Gasteiger partial charge in [-0.15, -0.1) is 0 Å². The van der Waals surface area contributed by atoms with Gasteiger partial charge in [0.25, 0.3) is 11.6 Å². The van der Waals surface area contributed by atoms with Crippen LogP contribution in [0, 0.1) is 10.1 Å². The Kier molecular flexibility index (Phi) is 2.98. The second-order valence-electron chi connectivity index (χ2n) is 4.74. The van der Waals surface area contributed by atoms with E-state index in [0.29, 0.717) is 16.4 Å². The van der Waals surface area contributed by atoms with Crippen LogP contribution in [0.5, 0.6) is 0 Å². The fourth-order valence-corrected chi connectivity index (χ4v) is 2.41. The zero-order valence-electron chi connectivity index (χ0n) is 10.4. The molecule has 1 heterocycles. The number of non-ortho nitro benzene ring substituents is 1. The van der Waals surface area contributed by atoms with Crippen LogP contribution >= 0.6 is 12.2 Å². The monoisotopic (exact) mass is 289 g/mol. The maximum Gasteiger partial charge on any atom is 0.276 e. The van der Waals surface area contributed by atoms with Crippen molar-refractivity contribution in [1.82, 2.24) is 10.2 Å². The van der Waals surface area contributed by atoms with E-state index in [9.17, 15) is 14.9 Å². The van der Waals surface area contributed by atoms with Crippen molar-refractivity contribution in [1.29, 1.82) is 0 Å². The van der Waals surface area contributed by atoms with Gasteiger partial charge in [0.15, 0.2) is 5.11 Å². The van der Waals surface area contributed by atoms with Gasteiger partial charge in [-0.05, 0) is 48.8 Å². The van der Waals surface area contributed by atoms with Gasteiger partial charge in [0.05, 0.1) is 4.92 Å². The number of benzene rings is 1. The molecule has 1 amide bonds. The highest BCUT2D eigenvalue weighted by atomic mass is 32.1. The molecule has 20 heavy (non-hydrogen) atoms. The van der Waals surface area contributed by atoms with Crippen LogP contribution in [0.2, 0.25) is 0 Å². The molecule has 0 aromatic heterocycles. The second-order valence-corrected chi connectivity index (χ2v) is 5.13. The Morgan fingerprint density at radius 3 is 2.55 bits per heavy atom. The van der Waals surface area contributed by atoms with Gasteiger partial charge in [0.2, 0.25) is 0 Å². The number of rotatable bonds is 3. The topological polar surface area (TPSA) is 75.5 Å². The number of thiocarbonyl (C=S) groups is 1.